The van der Waals surface area contributed by atoms with E-state index in [4.69, 9.17) is 5.73 Å². The fraction of sp³-hybridized carbons (Fsp3) is 0.154. The van der Waals surface area contributed by atoms with E-state index in [9.17, 15) is 4.79 Å². The Balaban J connectivity index is 2.28. The summed E-state index contributed by atoms with van der Waals surface area (Å²) in [6, 6.07) is 11.4. The van der Waals surface area contributed by atoms with E-state index in [0.717, 1.165) is 5.69 Å². The van der Waals surface area contributed by atoms with Crippen LogP contribution in [0, 0.1) is 0 Å². The van der Waals surface area contributed by atoms with E-state index in [0.29, 0.717) is 17.1 Å². The molecule has 0 radical (unpaired) electrons. The molecule has 0 bridgehead atoms. The first-order valence-corrected chi connectivity index (χ1v) is 6.31. The number of hydrogen-bond donors (Lipinski definition) is 1. The first kappa shape index (κ1) is 11.7. The summed E-state index contributed by atoms with van der Waals surface area (Å²) in [7, 11) is 0. The average Bonchev–Trinajstić information content (AvgIpc) is 2.78. The van der Waals surface area contributed by atoms with Gasteiger partial charge in [-0.3, -0.25) is 4.79 Å². The highest BCUT2D eigenvalue weighted by Gasteiger charge is 2.16. The lowest BCUT2D eigenvalue weighted by molar-refractivity contribution is 0.0989. The topological polar surface area (TPSA) is 46.3 Å². The molecule has 88 valence electrons. The van der Waals surface area contributed by atoms with E-state index in [-0.39, 0.29) is 5.91 Å². The molecule has 0 spiro atoms. The van der Waals surface area contributed by atoms with E-state index in [1.807, 2.05) is 37.3 Å². The molecule has 0 aliphatic rings. The molecular formula is C13H14N2OS. The predicted octanol–water partition coefficient (Wildman–Crippen LogP) is 3.00. The zero-order valence-electron chi connectivity index (χ0n) is 9.59. The summed E-state index contributed by atoms with van der Waals surface area (Å²) < 4.78 is 0. The van der Waals surface area contributed by atoms with E-state index >= 15 is 0 Å². The van der Waals surface area contributed by atoms with Gasteiger partial charge in [0.25, 0.3) is 5.91 Å². The van der Waals surface area contributed by atoms with Gasteiger partial charge in [0.2, 0.25) is 0 Å². The number of thiophene rings is 1. The number of nitrogens with two attached hydrogens (primary N) is 1. The standard InChI is InChI=1S/C13H14N2OS/c1-2-15(11-6-4-3-5-7-11)13(16)10-8-12(14)17-9-10/h3-9H,2,14H2,1H3. The molecule has 1 heterocycles. The number of nitrogens with zero attached hydrogens (tertiary/aromatic N) is 1. The minimum absolute atomic E-state index is 0.00773. The highest BCUT2D eigenvalue weighted by Crippen LogP contribution is 2.21. The van der Waals surface area contributed by atoms with Crippen molar-refractivity contribution in [1.82, 2.24) is 0 Å². The van der Waals surface area contributed by atoms with Gasteiger partial charge in [-0.2, -0.15) is 0 Å². The maximum Gasteiger partial charge on any atom is 0.259 e. The summed E-state index contributed by atoms with van der Waals surface area (Å²) in [5.74, 6) is -0.00773. The number of carbonyl (C=O) groups is 1. The molecule has 0 aliphatic carbocycles. The van der Waals surface area contributed by atoms with Gasteiger partial charge in [-0.1, -0.05) is 18.2 Å². The molecule has 0 unspecified atom stereocenters. The molecule has 0 fully saturated rings. The third-order valence-electron chi connectivity index (χ3n) is 2.50. The van der Waals surface area contributed by atoms with Crippen molar-refractivity contribution in [2.24, 2.45) is 0 Å². The molecule has 17 heavy (non-hydrogen) atoms. The van der Waals surface area contributed by atoms with Crippen molar-refractivity contribution in [2.45, 2.75) is 6.92 Å². The van der Waals surface area contributed by atoms with Crippen LogP contribution >= 0.6 is 11.3 Å². The van der Waals surface area contributed by atoms with Crippen molar-refractivity contribution in [1.29, 1.82) is 0 Å². The molecule has 1 amide bonds. The Kier molecular flexibility index (Phi) is 3.44. The van der Waals surface area contributed by atoms with Crippen LogP contribution in [0.3, 0.4) is 0 Å². The Hall–Kier alpha value is -1.81. The second-order valence-electron chi connectivity index (χ2n) is 3.62. The number of amides is 1. The van der Waals surface area contributed by atoms with Gasteiger partial charge in [0.1, 0.15) is 0 Å². The summed E-state index contributed by atoms with van der Waals surface area (Å²) in [4.78, 5) is 14.0. The quantitative estimate of drug-likeness (QED) is 0.905. The van der Waals surface area contributed by atoms with E-state index in [2.05, 4.69) is 0 Å². The van der Waals surface area contributed by atoms with E-state index in [1.54, 1.807) is 16.3 Å². The summed E-state index contributed by atoms with van der Waals surface area (Å²) in [5.41, 5.74) is 7.20. The highest BCUT2D eigenvalue weighted by atomic mass is 32.1. The van der Waals surface area contributed by atoms with Crippen LogP contribution in [0.5, 0.6) is 0 Å². The van der Waals surface area contributed by atoms with Gasteiger partial charge < -0.3 is 10.6 Å². The third kappa shape index (κ3) is 2.47. The first-order chi connectivity index (χ1) is 8.22. The molecule has 1 aromatic carbocycles. The van der Waals surface area contributed by atoms with Crippen LogP contribution in [0.25, 0.3) is 0 Å². The molecule has 2 rings (SSSR count). The van der Waals surface area contributed by atoms with Crippen LogP contribution in [0.4, 0.5) is 10.7 Å². The van der Waals surface area contributed by atoms with Crippen molar-refractivity contribution in [2.75, 3.05) is 17.2 Å². The van der Waals surface area contributed by atoms with Crippen LogP contribution in [0.1, 0.15) is 17.3 Å². The second-order valence-corrected chi connectivity index (χ2v) is 4.57. The summed E-state index contributed by atoms with van der Waals surface area (Å²) >= 11 is 1.39. The molecule has 0 saturated heterocycles. The molecule has 2 aromatic rings. The van der Waals surface area contributed by atoms with Crippen molar-refractivity contribution in [3.05, 3.63) is 47.3 Å². The SMILES string of the molecule is CCN(C(=O)c1csc(N)c1)c1ccccc1. The van der Waals surface area contributed by atoms with Crippen LogP contribution < -0.4 is 10.6 Å². The number of carbonyl (C=O) groups excluding carboxylic acids is 1. The predicted molar refractivity (Wildman–Crippen MR) is 72.5 cm³/mol. The summed E-state index contributed by atoms with van der Waals surface area (Å²) in [5, 5.41) is 2.46. The Morgan fingerprint density at radius 2 is 2.06 bits per heavy atom. The Labute approximate surface area is 104 Å². The van der Waals surface area contributed by atoms with E-state index in [1.165, 1.54) is 11.3 Å². The number of nitrogen functional groups attached to an aromatic ring is 1. The Morgan fingerprint density at radius 3 is 2.59 bits per heavy atom. The fourth-order valence-corrected chi connectivity index (χ4v) is 2.30. The monoisotopic (exact) mass is 246 g/mol. The first-order valence-electron chi connectivity index (χ1n) is 5.43. The zero-order valence-corrected chi connectivity index (χ0v) is 10.4. The molecule has 0 saturated carbocycles. The van der Waals surface area contributed by atoms with Crippen molar-refractivity contribution >= 4 is 27.9 Å². The van der Waals surface area contributed by atoms with Gasteiger partial charge in [0.15, 0.2) is 0 Å². The van der Waals surface area contributed by atoms with Gasteiger partial charge in [-0.05, 0) is 25.1 Å². The fourth-order valence-electron chi connectivity index (χ4n) is 1.67. The van der Waals surface area contributed by atoms with Gasteiger partial charge >= 0.3 is 0 Å². The second kappa shape index (κ2) is 5.01. The maximum absolute atomic E-state index is 12.3. The molecule has 1 aromatic heterocycles. The number of hydrogen-bond acceptors (Lipinski definition) is 3. The number of anilines is 2. The lowest BCUT2D eigenvalue weighted by Crippen LogP contribution is -2.30. The largest absolute Gasteiger partial charge is 0.391 e. The van der Waals surface area contributed by atoms with Gasteiger partial charge in [-0.25, -0.2) is 0 Å². The van der Waals surface area contributed by atoms with Crippen LogP contribution in [-0.2, 0) is 0 Å². The number of benzene rings is 1. The van der Waals surface area contributed by atoms with Crippen molar-refractivity contribution in [3.63, 3.8) is 0 Å². The smallest absolute Gasteiger partial charge is 0.259 e. The van der Waals surface area contributed by atoms with Crippen LogP contribution in [-0.4, -0.2) is 12.5 Å². The van der Waals surface area contributed by atoms with E-state index < -0.39 is 0 Å². The Bertz CT molecular complexity index is 507. The third-order valence-corrected chi connectivity index (χ3v) is 3.26. The zero-order chi connectivity index (χ0) is 12.3. The minimum Gasteiger partial charge on any atom is -0.391 e. The molecule has 2 N–H and O–H groups in total. The summed E-state index contributed by atoms with van der Waals surface area (Å²) in [6.07, 6.45) is 0. The van der Waals surface area contributed by atoms with Gasteiger partial charge in [-0.15, -0.1) is 11.3 Å². The molecule has 4 heteroatoms. The maximum atomic E-state index is 12.3. The summed E-state index contributed by atoms with van der Waals surface area (Å²) in [6.45, 7) is 2.60. The lowest BCUT2D eigenvalue weighted by atomic mass is 10.2. The van der Waals surface area contributed by atoms with Gasteiger partial charge in [0, 0.05) is 17.6 Å². The molecule has 0 atom stereocenters. The molecule has 0 aliphatic heterocycles. The number of para-hydroxylation sites is 1. The minimum atomic E-state index is -0.00773. The highest BCUT2D eigenvalue weighted by molar-refractivity contribution is 7.14. The van der Waals surface area contributed by atoms with Crippen LogP contribution in [0.2, 0.25) is 0 Å². The molecule has 3 nitrogen and oxygen atoms in total. The van der Waals surface area contributed by atoms with Crippen LogP contribution in [0.15, 0.2) is 41.8 Å². The van der Waals surface area contributed by atoms with Crippen molar-refractivity contribution < 1.29 is 4.79 Å². The lowest BCUT2D eigenvalue weighted by Gasteiger charge is -2.20. The number of rotatable bonds is 3. The molecular weight excluding hydrogens is 232 g/mol. The van der Waals surface area contributed by atoms with Crippen molar-refractivity contribution in [3.8, 4) is 0 Å². The van der Waals surface area contributed by atoms with Gasteiger partial charge in [0.05, 0.1) is 10.6 Å². The average molecular weight is 246 g/mol. The normalized spacial score (nSPS) is 10.2. The Morgan fingerprint density at radius 1 is 1.35 bits per heavy atom.